The third kappa shape index (κ3) is 3.13. The topological polar surface area (TPSA) is 107 Å². The molecule has 8 heteroatoms. The lowest BCUT2D eigenvalue weighted by atomic mass is 10.1. The Kier molecular flexibility index (Phi) is 4.33. The molecule has 2 heterocycles. The lowest BCUT2D eigenvalue weighted by Gasteiger charge is -2.19. The van der Waals surface area contributed by atoms with Gasteiger partial charge in [0.15, 0.2) is 0 Å². The standard InChI is InChI=1S/C12H19N5O3/c1-8-10(17(18)19)11(15-12(13)14-8)20-7-5-9-4-3-6-16(9)2/h9H,3-7H2,1-2H3,(H2,13,14,15). The first-order chi connectivity index (χ1) is 9.49. The number of hydrogen-bond acceptors (Lipinski definition) is 7. The highest BCUT2D eigenvalue weighted by Crippen LogP contribution is 2.28. The molecule has 0 amide bonds. The van der Waals surface area contributed by atoms with Crippen molar-refractivity contribution in [1.82, 2.24) is 14.9 Å². The van der Waals surface area contributed by atoms with Crippen molar-refractivity contribution in [3.05, 3.63) is 15.8 Å². The van der Waals surface area contributed by atoms with E-state index in [-0.39, 0.29) is 23.2 Å². The second-order valence-electron chi connectivity index (χ2n) is 4.99. The highest BCUT2D eigenvalue weighted by molar-refractivity contribution is 5.47. The van der Waals surface area contributed by atoms with Crippen molar-refractivity contribution in [2.45, 2.75) is 32.2 Å². The van der Waals surface area contributed by atoms with E-state index in [1.54, 1.807) is 0 Å². The van der Waals surface area contributed by atoms with Gasteiger partial charge >= 0.3 is 5.69 Å². The van der Waals surface area contributed by atoms with Crippen LogP contribution in [0.25, 0.3) is 0 Å². The fourth-order valence-corrected chi connectivity index (χ4v) is 2.51. The molecule has 1 aliphatic rings. The van der Waals surface area contributed by atoms with E-state index in [1.807, 2.05) is 0 Å². The number of nitrogens with two attached hydrogens (primary N) is 1. The molecule has 1 aliphatic heterocycles. The maximum Gasteiger partial charge on any atom is 0.352 e. The van der Waals surface area contributed by atoms with Crippen LogP contribution in [-0.2, 0) is 0 Å². The number of rotatable bonds is 5. The number of nitrogen functional groups attached to an aromatic ring is 1. The molecule has 1 saturated heterocycles. The van der Waals surface area contributed by atoms with Gasteiger partial charge in [-0.2, -0.15) is 4.98 Å². The summed E-state index contributed by atoms with van der Waals surface area (Å²) in [6, 6.07) is 0.467. The molecule has 0 aromatic carbocycles. The zero-order chi connectivity index (χ0) is 14.7. The van der Waals surface area contributed by atoms with E-state index in [2.05, 4.69) is 21.9 Å². The van der Waals surface area contributed by atoms with Gasteiger partial charge in [-0.15, -0.1) is 0 Å². The summed E-state index contributed by atoms with van der Waals surface area (Å²) in [5.41, 5.74) is 5.52. The van der Waals surface area contributed by atoms with E-state index in [4.69, 9.17) is 10.5 Å². The Morgan fingerprint density at radius 2 is 2.30 bits per heavy atom. The van der Waals surface area contributed by atoms with Gasteiger partial charge in [0.25, 0.3) is 5.88 Å². The zero-order valence-corrected chi connectivity index (χ0v) is 11.7. The summed E-state index contributed by atoms with van der Waals surface area (Å²) in [7, 11) is 2.08. The van der Waals surface area contributed by atoms with Crippen molar-refractivity contribution in [3.63, 3.8) is 0 Å². The molecular formula is C12H19N5O3. The van der Waals surface area contributed by atoms with Gasteiger partial charge in [-0.1, -0.05) is 0 Å². The van der Waals surface area contributed by atoms with E-state index in [0.29, 0.717) is 12.6 Å². The Hall–Kier alpha value is -1.96. The largest absolute Gasteiger partial charge is 0.473 e. The van der Waals surface area contributed by atoms with Crippen LogP contribution in [0.5, 0.6) is 5.88 Å². The molecule has 1 aromatic rings. The van der Waals surface area contributed by atoms with E-state index in [9.17, 15) is 10.1 Å². The summed E-state index contributed by atoms with van der Waals surface area (Å²) in [4.78, 5) is 20.4. The van der Waals surface area contributed by atoms with Crippen molar-refractivity contribution >= 4 is 11.6 Å². The third-order valence-corrected chi connectivity index (χ3v) is 3.59. The Balaban J connectivity index is 2.03. The first-order valence-corrected chi connectivity index (χ1v) is 6.60. The van der Waals surface area contributed by atoms with Gasteiger partial charge in [-0.05, 0) is 39.8 Å². The van der Waals surface area contributed by atoms with Crippen molar-refractivity contribution in [3.8, 4) is 5.88 Å². The SMILES string of the molecule is Cc1nc(N)nc(OCCC2CCCN2C)c1[N+](=O)[O-]. The molecule has 1 fully saturated rings. The van der Waals surface area contributed by atoms with Crippen LogP contribution in [0.2, 0.25) is 0 Å². The van der Waals surface area contributed by atoms with Crippen molar-refractivity contribution in [2.75, 3.05) is 25.9 Å². The van der Waals surface area contributed by atoms with Crippen molar-refractivity contribution in [2.24, 2.45) is 0 Å². The van der Waals surface area contributed by atoms with Crippen LogP contribution in [0.3, 0.4) is 0 Å². The summed E-state index contributed by atoms with van der Waals surface area (Å²) in [6.07, 6.45) is 3.13. The van der Waals surface area contributed by atoms with E-state index in [0.717, 1.165) is 19.4 Å². The minimum atomic E-state index is -0.536. The average Bonchev–Trinajstić information content (AvgIpc) is 2.73. The lowest BCUT2D eigenvalue weighted by molar-refractivity contribution is -0.387. The fraction of sp³-hybridized carbons (Fsp3) is 0.667. The molecule has 110 valence electrons. The number of aromatic nitrogens is 2. The molecule has 2 N–H and O–H groups in total. The van der Waals surface area contributed by atoms with Gasteiger partial charge in [0.2, 0.25) is 5.95 Å². The Morgan fingerprint density at radius 1 is 1.55 bits per heavy atom. The summed E-state index contributed by atoms with van der Waals surface area (Å²) >= 11 is 0. The molecular weight excluding hydrogens is 262 g/mol. The number of hydrogen-bond donors (Lipinski definition) is 1. The number of anilines is 1. The molecule has 1 unspecified atom stereocenters. The van der Waals surface area contributed by atoms with Gasteiger partial charge in [0.1, 0.15) is 5.69 Å². The monoisotopic (exact) mass is 281 g/mol. The molecule has 1 aromatic heterocycles. The molecule has 0 saturated carbocycles. The van der Waals surface area contributed by atoms with Crippen LogP contribution in [-0.4, -0.2) is 46.0 Å². The summed E-state index contributed by atoms with van der Waals surface area (Å²) in [6.45, 7) is 2.99. The zero-order valence-electron chi connectivity index (χ0n) is 11.7. The molecule has 2 rings (SSSR count). The summed E-state index contributed by atoms with van der Waals surface area (Å²) in [5, 5.41) is 11.0. The lowest BCUT2D eigenvalue weighted by Crippen LogP contribution is -2.26. The predicted octanol–water partition coefficient (Wildman–Crippen LogP) is 1.14. The maximum absolute atomic E-state index is 11.0. The molecule has 0 aliphatic carbocycles. The molecule has 0 bridgehead atoms. The van der Waals surface area contributed by atoms with E-state index in [1.165, 1.54) is 13.3 Å². The molecule has 20 heavy (non-hydrogen) atoms. The normalized spacial score (nSPS) is 19.2. The van der Waals surface area contributed by atoms with Crippen LogP contribution in [0.15, 0.2) is 0 Å². The molecule has 0 spiro atoms. The summed E-state index contributed by atoms with van der Waals surface area (Å²) < 4.78 is 5.47. The number of ether oxygens (including phenoxy) is 1. The quantitative estimate of drug-likeness (QED) is 0.636. The highest BCUT2D eigenvalue weighted by Gasteiger charge is 2.24. The van der Waals surface area contributed by atoms with Gasteiger partial charge < -0.3 is 15.4 Å². The maximum atomic E-state index is 11.0. The van der Waals surface area contributed by atoms with Gasteiger partial charge in [0.05, 0.1) is 11.5 Å². The van der Waals surface area contributed by atoms with Crippen LogP contribution in [0, 0.1) is 17.0 Å². The van der Waals surface area contributed by atoms with E-state index >= 15 is 0 Å². The third-order valence-electron chi connectivity index (χ3n) is 3.59. The van der Waals surface area contributed by atoms with Gasteiger partial charge in [0, 0.05) is 6.04 Å². The first kappa shape index (κ1) is 14.4. The number of nitrogens with zero attached hydrogens (tertiary/aromatic N) is 4. The smallest absolute Gasteiger partial charge is 0.352 e. The van der Waals surface area contributed by atoms with Gasteiger partial charge in [-0.3, -0.25) is 10.1 Å². The first-order valence-electron chi connectivity index (χ1n) is 6.60. The van der Waals surface area contributed by atoms with Crippen molar-refractivity contribution < 1.29 is 9.66 Å². The molecule has 8 nitrogen and oxygen atoms in total. The fourth-order valence-electron chi connectivity index (χ4n) is 2.51. The average molecular weight is 281 g/mol. The second-order valence-corrected chi connectivity index (χ2v) is 4.99. The van der Waals surface area contributed by atoms with Crippen LogP contribution in [0.1, 0.15) is 25.0 Å². The Bertz CT molecular complexity index is 508. The van der Waals surface area contributed by atoms with Crippen LogP contribution in [0.4, 0.5) is 11.6 Å². The predicted molar refractivity (Wildman–Crippen MR) is 73.6 cm³/mol. The van der Waals surface area contributed by atoms with Crippen LogP contribution < -0.4 is 10.5 Å². The minimum absolute atomic E-state index is 0.0129. The van der Waals surface area contributed by atoms with Crippen LogP contribution >= 0.6 is 0 Å². The number of likely N-dealkylation sites (tertiary alicyclic amines) is 1. The number of nitro groups is 1. The second kappa shape index (κ2) is 6.00. The Labute approximate surface area is 117 Å². The van der Waals surface area contributed by atoms with Crippen molar-refractivity contribution in [1.29, 1.82) is 0 Å². The summed E-state index contributed by atoms with van der Waals surface area (Å²) in [5.74, 6) is -0.0539. The Morgan fingerprint density at radius 3 is 2.90 bits per heavy atom. The van der Waals surface area contributed by atoms with Gasteiger partial charge in [-0.25, -0.2) is 4.98 Å². The highest BCUT2D eigenvalue weighted by atomic mass is 16.6. The molecule has 0 radical (unpaired) electrons. The number of aryl methyl sites for hydroxylation is 1. The molecule has 1 atom stereocenters. The minimum Gasteiger partial charge on any atom is -0.473 e. The van der Waals surface area contributed by atoms with E-state index < -0.39 is 4.92 Å².